The van der Waals surface area contributed by atoms with E-state index in [1.807, 2.05) is 0 Å². The summed E-state index contributed by atoms with van der Waals surface area (Å²) in [6, 6.07) is 1.49. The van der Waals surface area contributed by atoms with Crippen molar-refractivity contribution in [3.63, 3.8) is 0 Å². The van der Waals surface area contributed by atoms with Crippen molar-refractivity contribution in [3.8, 4) is 0 Å². The normalized spacial score (nSPS) is 35.9. The number of allylic oxidation sites excluding steroid dienone is 1. The van der Waals surface area contributed by atoms with Crippen LogP contribution in [-0.4, -0.2) is 24.0 Å². The molecule has 1 saturated heterocycles. The van der Waals surface area contributed by atoms with Crippen LogP contribution in [0.2, 0.25) is 0 Å². The molecule has 0 spiro atoms. The van der Waals surface area contributed by atoms with Crippen molar-refractivity contribution in [3.05, 3.63) is 12.2 Å². The molecule has 0 amide bonds. The van der Waals surface area contributed by atoms with Crippen molar-refractivity contribution in [2.24, 2.45) is 0 Å². The highest BCUT2D eigenvalue weighted by atomic mass is 15.2. The molecular weight excluding hydrogens is 122 g/mol. The summed E-state index contributed by atoms with van der Waals surface area (Å²) >= 11 is 0. The molecule has 1 nitrogen and oxygen atoms in total. The molecule has 1 heterocycles. The van der Waals surface area contributed by atoms with Crippen molar-refractivity contribution < 1.29 is 0 Å². The molecule has 0 aromatic carbocycles. The number of rotatable bonds is 1. The average Bonchev–Trinajstić information content (AvgIpc) is 2.20. The first kappa shape index (κ1) is 7.80. The Balaban J connectivity index is 2.48. The summed E-state index contributed by atoms with van der Waals surface area (Å²) in [7, 11) is 2.21. The molecule has 10 heavy (non-hydrogen) atoms. The van der Waals surface area contributed by atoms with Crippen LogP contribution >= 0.6 is 0 Å². The van der Waals surface area contributed by atoms with E-state index in [-0.39, 0.29) is 0 Å². The summed E-state index contributed by atoms with van der Waals surface area (Å²) in [6.07, 6.45) is 7.14. The van der Waals surface area contributed by atoms with Gasteiger partial charge in [-0.3, -0.25) is 4.90 Å². The predicted octanol–water partition coefficient (Wildman–Crippen LogP) is 2.05. The van der Waals surface area contributed by atoms with Gasteiger partial charge in [-0.05, 0) is 33.7 Å². The van der Waals surface area contributed by atoms with E-state index in [1.54, 1.807) is 0 Å². The van der Waals surface area contributed by atoms with Crippen molar-refractivity contribution >= 4 is 0 Å². The molecule has 0 aromatic heterocycles. The van der Waals surface area contributed by atoms with Crippen molar-refractivity contribution in [1.82, 2.24) is 4.90 Å². The summed E-state index contributed by atoms with van der Waals surface area (Å²) in [5, 5.41) is 0. The van der Waals surface area contributed by atoms with Crippen LogP contribution in [0.4, 0.5) is 0 Å². The molecule has 0 aromatic rings. The number of likely N-dealkylation sites (tertiary alicyclic amines) is 1. The zero-order chi connectivity index (χ0) is 7.56. The Hall–Kier alpha value is -0.300. The third kappa shape index (κ3) is 1.40. The van der Waals surface area contributed by atoms with Gasteiger partial charge in [0.05, 0.1) is 0 Å². The fourth-order valence-corrected chi connectivity index (χ4v) is 1.60. The lowest BCUT2D eigenvalue weighted by molar-refractivity contribution is 0.287. The maximum atomic E-state index is 2.44. The van der Waals surface area contributed by atoms with E-state index in [0.29, 0.717) is 6.04 Å². The first-order valence-electron chi connectivity index (χ1n) is 4.10. The van der Waals surface area contributed by atoms with E-state index in [9.17, 15) is 0 Å². The summed E-state index contributed by atoms with van der Waals surface area (Å²) in [5.41, 5.74) is 0. The first-order chi connectivity index (χ1) is 4.75. The Morgan fingerprint density at radius 3 is 2.50 bits per heavy atom. The van der Waals surface area contributed by atoms with Crippen LogP contribution in [0.3, 0.4) is 0 Å². The molecule has 1 aliphatic heterocycles. The summed E-state index contributed by atoms with van der Waals surface area (Å²) in [4.78, 5) is 2.44. The summed E-state index contributed by atoms with van der Waals surface area (Å²) < 4.78 is 0. The molecule has 0 radical (unpaired) electrons. The topological polar surface area (TPSA) is 3.24 Å². The highest BCUT2D eigenvalue weighted by Gasteiger charge is 2.24. The molecule has 1 heteroatoms. The minimum absolute atomic E-state index is 0.708. The molecule has 1 fully saturated rings. The molecule has 2 unspecified atom stereocenters. The Bertz CT molecular complexity index is 129. The zero-order valence-corrected chi connectivity index (χ0v) is 7.17. The SMILES string of the molecule is C/C=C\C1CCC(C)N1C. The molecule has 2 atom stereocenters. The van der Waals surface area contributed by atoms with Gasteiger partial charge in [0.25, 0.3) is 0 Å². The van der Waals surface area contributed by atoms with Crippen LogP contribution < -0.4 is 0 Å². The maximum absolute atomic E-state index is 2.44. The lowest BCUT2D eigenvalue weighted by Gasteiger charge is -2.19. The largest absolute Gasteiger partial charge is 0.297 e. The Morgan fingerprint density at radius 2 is 2.10 bits per heavy atom. The van der Waals surface area contributed by atoms with E-state index in [4.69, 9.17) is 0 Å². The van der Waals surface area contributed by atoms with E-state index in [1.165, 1.54) is 12.8 Å². The summed E-state index contributed by atoms with van der Waals surface area (Å²) in [5.74, 6) is 0. The van der Waals surface area contributed by atoms with E-state index in [2.05, 4.69) is 37.9 Å². The Kier molecular flexibility index (Phi) is 2.50. The van der Waals surface area contributed by atoms with Crippen molar-refractivity contribution in [2.75, 3.05) is 7.05 Å². The fourth-order valence-electron chi connectivity index (χ4n) is 1.60. The second kappa shape index (κ2) is 3.20. The smallest absolute Gasteiger partial charge is 0.0278 e. The van der Waals surface area contributed by atoms with Gasteiger partial charge in [0.15, 0.2) is 0 Å². The predicted molar refractivity (Wildman–Crippen MR) is 45.1 cm³/mol. The van der Waals surface area contributed by atoms with E-state index < -0.39 is 0 Å². The first-order valence-corrected chi connectivity index (χ1v) is 4.10. The summed E-state index contributed by atoms with van der Waals surface area (Å²) in [6.45, 7) is 4.39. The van der Waals surface area contributed by atoms with Crippen LogP contribution in [0.1, 0.15) is 26.7 Å². The maximum Gasteiger partial charge on any atom is 0.0278 e. The monoisotopic (exact) mass is 139 g/mol. The van der Waals surface area contributed by atoms with Crippen LogP contribution in [-0.2, 0) is 0 Å². The number of hydrogen-bond acceptors (Lipinski definition) is 1. The number of likely N-dealkylation sites (N-methyl/N-ethyl adjacent to an activating group) is 1. The molecule has 0 saturated carbocycles. The van der Waals surface area contributed by atoms with Gasteiger partial charge in [0, 0.05) is 12.1 Å². The zero-order valence-electron chi connectivity index (χ0n) is 7.17. The lowest BCUT2D eigenvalue weighted by atomic mass is 10.2. The lowest BCUT2D eigenvalue weighted by Crippen LogP contribution is -2.28. The number of nitrogens with zero attached hydrogens (tertiary/aromatic N) is 1. The van der Waals surface area contributed by atoms with E-state index in [0.717, 1.165) is 6.04 Å². The van der Waals surface area contributed by atoms with Gasteiger partial charge in [-0.1, -0.05) is 12.2 Å². The molecule has 1 aliphatic rings. The Morgan fingerprint density at radius 1 is 1.40 bits per heavy atom. The quantitative estimate of drug-likeness (QED) is 0.502. The second-order valence-electron chi connectivity index (χ2n) is 3.18. The molecule has 1 rings (SSSR count). The highest BCUT2D eigenvalue weighted by Crippen LogP contribution is 2.21. The van der Waals surface area contributed by atoms with Crippen molar-refractivity contribution in [1.29, 1.82) is 0 Å². The standard InChI is InChI=1S/C9H17N/c1-4-5-9-7-6-8(2)10(9)3/h4-5,8-9H,6-7H2,1-3H3/b5-4-. The molecular formula is C9H17N. The van der Waals surface area contributed by atoms with Gasteiger partial charge in [0.1, 0.15) is 0 Å². The minimum Gasteiger partial charge on any atom is -0.297 e. The van der Waals surface area contributed by atoms with Crippen LogP contribution in [0.5, 0.6) is 0 Å². The van der Waals surface area contributed by atoms with Gasteiger partial charge in [0.2, 0.25) is 0 Å². The highest BCUT2D eigenvalue weighted by molar-refractivity contribution is 4.97. The third-order valence-electron chi connectivity index (χ3n) is 2.51. The molecule has 58 valence electrons. The van der Waals surface area contributed by atoms with E-state index >= 15 is 0 Å². The van der Waals surface area contributed by atoms with Gasteiger partial charge in [-0.2, -0.15) is 0 Å². The molecule has 0 aliphatic carbocycles. The van der Waals surface area contributed by atoms with Gasteiger partial charge in [-0.15, -0.1) is 0 Å². The third-order valence-corrected chi connectivity index (χ3v) is 2.51. The van der Waals surface area contributed by atoms with Gasteiger partial charge >= 0.3 is 0 Å². The molecule has 0 bridgehead atoms. The van der Waals surface area contributed by atoms with Gasteiger partial charge < -0.3 is 0 Å². The number of hydrogen-bond donors (Lipinski definition) is 0. The minimum atomic E-state index is 0.708. The van der Waals surface area contributed by atoms with Crippen LogP contribution in [0.25, 0.3) is 0 Å². The second-order valence-corrected chi connectivity index (χ2v) is 3.18. The van der Waals surface area contributed by atoms with Gasteiger partial charge in [-0.25, -0.2) is 0 Å². The average molecular weight is 139 g/mol. The Labute approximate surface area is 63.7 Å². The van der Waals surface area contributed by atoms with Crippen molar-refractivity contribution in [2.45, 2.75) is 38.8 Å². The fraction of sp³-hybridized carbons (Fsp3) is 0.778. The molecule has 0 N–H and O–H groups in total. The van der Waals surface area contributed by atoms with Crippen LogP contribution in [0.15, 0.2) is 12.2 Å². The van der Waals surface area contributed by atoms with Crippen LogP contribution in [0, 0.1) is 0 Å².